The van der Waals surface area contributed by atoms with E-state index in [0.29, 0.717) is 39.8 Å². The van der Waals surface area contributed by atoms with Crippen molar-refractivity contribution >= 4 is 34.3 Å². The Labute approximate surface area is 207 Å². The van der Waals surface area contributed by atoms with Gasteiger partial charge in [-0.05, 0) is 56.4 Å². The molecule has 0 radical (unpaired) electrons. The van der Waals surface area contributed by atoms with E-state index in [1.807, 2.05) is 40.8 Å². The molecule has 0 atom stereocenters. The van der Waals surface area contributed by atoms with Crippen molar-refractivity contribution in [1.29, 1.82) is 0 Å². The summed E-state index contributed by atoms with van der Waals surface area (Å²) in [6.45, 7) is 0.643. The van der Waals surface area contributed by atoms with Crippen LogP contribution in [0, 0.1) is 0 Å². The average molecular weight is 490 g/mol. The van der Waals surface area contributed by atoms with Crippen molar-refractivity contribution in [3.63, 3.8) is 0 Å². The molecule has 0 spiro atoms. The van der Waals surface area contributed by atoms with Crippen molar-refractivity contribution in [1.82, 2.24) is 24.5 Å². The molecule has 0 unspecified atom stereocenters. The second-order valence-electron chi connectivity index (χ2n) is 8.47. The number of carbonyl (C=O) groups excluding carboxylic acids is 1. The number of thioether (sulfide) groups is 1. The number of benzene rings is 2. The molecule has 2 aromatic heterocycles. The molecule has 1 aliphatic rings. The topological polar surface area (TPSA) is 90.5 Å². The second-order valence-corrected chi connectivity index (χ2v) is 9.42. The van der Waals surface area contributed by atoms with Crippen molar-refractivity contribution in [3.8, 4) is 11.4 Å². The Morgan fingerprint density at radius 3 is 2.86 bits per heavy atom. The lowest BCUT2D eigenvalue weighted by Crippen LogP contribution is -2.26. The molecule has 1 N–H and O–H groups in total. The highest BCUT2D eigenvalue weighted by molar-refractivity contribution is 7.99. The Balaban J connectivity index is 1.43. The normalized spacial score (nSPS) is 13.7. The van der Waals surface area contributed by atoms with Crippen LogP contribution in [0.3, 0.4) is 0 Å². The van der Waals surface area contributed by atoms with E-state index in [4.69, 9.17) is 4.74 Å². The zero-order valence-electron chi connectivity index (χ0n) is 19.6. The Hall–Kier alpha value is -3.59. The molecule has 180 valence electrons. The van der Waals surface area contributed by atoms with Crippen LogP contribution in [0.5, 0.6) is 5.75 Å². The number of amides is 1. The zero-order valence-corrected chi connectivity index (χ0v) is 20.4. The number of rotatable bonds is 8. The molecule has 8 nitrogen and oxygen atoms in total. The molecule has 1 aliphatic carbocycles. The minimum absolute atomic E-state index is 0.0476. The van der Waals surface area contributed by atoms with Gasteiger partial charge in [-0.2, -0.15) is 0 Å². The number of ether oxygens (including phenoxy) is 1. The molecule has 0 saturated heterocycles. The van der Waals surface area contributed by atoms with Gasteiger partial charge >= 0.3 is 0 Å². The average Bonchev–Trinajstić information content (AvgIpc) is 3.32. The standard InChI is InChI=1S/C26H27N5O3S/c1-34-20-11-7-10-19(16-20)30-24(33)21-12-5-6-13-22(21)31-25(30)28-29-26(31)35-17-23(32)27-15-14-18-8-3-2-4-9-18/h5-8,10-13,16H,2-4,9,14-15,17H2,1H3,(H,27,32). The molecule has 2 heterocycles. The number of fused-ring (bicyclic) bond motifs is 3. The van der Waals surface area contributed by atoms with E-state index in [-0.39, 0.29) is 17.2 Å². The molecular weight excluding hydrogens is 462 g/mol. The van der Waals surface area contributed by atoms with Crippen molar-refractivity contribution in [2.75, 3.05) is 19.4 Å². The number of para-hydroxylation sites is 1. The molecule has 0 aliphatic heterocycles. The van der Waals surface area contributed by atoms with E-state index in [1.54, 1.807) is 19.2 Å². The van der Waals surface area contributed by atoms with E-state index in [2.05, 4.69) is 21.6 Å². The summed E-state index contributed by atoms with van der Waals surface area (Å²) in [4.78, 5) is 25.9. The minimum Gasteiger partial charge on any atom is -0.497 e. The first-order valence-corrected chi connectivity index (χ1v) is 12.7. The maximum Gasteiger partial charge on any atom is 0.267 e. The number of nitrogens with one attached hydrogen (secondary N) is 1. The summed E-state index contributed by atoms with van der Waals surface area (Å²) < 4.78 is 8.71. The molecule has 0 fully saturated rings. The van der Waals surface area contributed by atoms with Crippen LogP contribution in [-0.2, 0) is 4.79 Å². The van der Waals surface area contributed by atoms with Crippen LogP contribution in [0.1, 0.15) is 32.1 Å². The highest BCUT2D eigenvalue weighted by atomic mass is 32.2. The summed E-state index contributed by atoms with van der Waals surface area (Å²) in [6, 6.07) is 14.6. The van der Waals surface area contributed by atoms with Crippen molar-refractivity contribution in [2.45, 2.75) is 37.3 Å². The summed E-state index contributed by atoms with van der Waals surface area (Å²) in [6.07, 6.45) is 8.00. The molecule has 1 amide bonds. The van der Waals surface area contributed by atoms with E-state index in [9.17, 15) is 9.59 Å². The first-order chi connectivity index (χ1) is 17.2. The van der Waals surface area contributed by atoms with E-state index < -0.39 is 0 Å². The van der Waals surface area contributed by atoms with Gasteiger partial charge in [0.15, 0.2) is 5.16 Å². The number of hydrogen-bond acceptors (Lipinski definition) is 6. The SMILES string of the molecule is COc1cccc(-n2c(=O)c3ccccc3n3c(SCC(=O)NCCC4=CCCCC4)nnc23)c1. The van der Waals surface area contributed by atoms with Gasteiger partial charge in [-0.15, -0.1) is 10.2 Å². The third-order valence-electron chi connectivity index (χ3n) is 6.19. The minimum atomic E-state index is -0.194. The number of methoxy groups -OCH3 is 1. The molecule has 2 aromatic carbocycles. The predicted molar refractivity (Wildman–Crippen MR) is 138 cm³/mol. The third kappa shape index (κ3) is 4.81. The molecule has 9 heteroatoms. The largest absolute Gasteiger partial charge is 0.497 e. The Morgan fingerprint density at radius 2 is 2.03 bits per heavy atom. The molecule has 0 bridgehead atoms. The Bertz CT molecular complexity index is 1470. The number of carbonyl (C=O) groups is 1. The van der Waals surface area contributed by atoms with Gasteiger partial charge in [0, 0.05) is 12.6 Å². The van der Waals surface area contributed by atoms with Crippen LogP contribution >= 0.6 is 11.8 Å². The van der Waals surface area contributed by atoms with E-state index in [1.165, 1.54) is 34.7 Å². The van der Waals surface area contributed by atoms with Crippen molar-refractivity contribution in [3.05, 3.63) is 70.5 Å². The molecule has 35 heavy (non-hydrogen) atoms. The number of aromatic nitrogens is 4. The fraction of sp³-hybridized carbons (Fsp3) is 0.308. The lowest BCUT2D eigenvalue weighted by molar-refractivity contribution is -0.118. The molecule has 5 rings (SSSR count). The van der Waals surface area contributed by atoms with Gasteiger partial charge in [-0.25, -0.2) is 4.57 Å². The lowest BCUT2D eigenvalue weighted by atomic mass is 9.97. The quantitative estimate of drug-likeness (QED) is 0.296. The number of nitrogens with zero attached hydrogens (tertiary/aromatic N) is 4. The van der Waals surface area contributed by atoms with Gasteiger partial charge in [-0.1, -0.05) is 41.6 Å². The summed E-state index contributed by atoms with van der Waals surface area (Å²) in [5.74, 6) is 1.19. The lowest BCUT2D eigenvalue weighted by Gasteiger charge is -2.13. The van der Waals surface area contributed by atoms with Gasteiger partial charge in [0.25, 0.3) is 5.56 Å². The van der Waals surface area contributed by atoms with Gasteiger partial charge in [0.05, 0.1) is 29.5 Å². The highest BCUT2D eigenvalue weighted by Gasteiger charge is 2.19. The van der Waals surface area contributed by atoms with Gasteiger partial charge < -0.3 is 10.1 Å². The predicted octanol–water partition coefficient (Wildman–Crippen LogP) is 4.14. The molecular formula is C26H27N5O3S. The highest BCUT2D eigenvalue weighted by Crippen LogP contribution is 2.24. The summed E-state index contributed by atoms with van der Waals surface area (Å²) in [7, 11) is 1.58. The Morgan fingerprint density at radius 1 is 1.14 bits per heavy atom. The maximum atomic E-state index is 13.4. The van der Waals surface area contributed by atoms with Crippen LogP contribution < -0.4 is 15.6 Å². The number of allylic oxidation sites excluding steroid dienone is 1. The summed E-state index contributed by atoms with van der Waals surface area (Å²) in [5, 5.41) is 12.8. The Kier molecular flexibility index (Phi) is 6.85. The van der Waals surface area contributed by atoms with Gasteiger partial charge in [-0.3, -0.25) is 14.0 Å². The first kappa shape index (κ1) is 23.2. The molecule has 4 aromatic rings. The van der Waals surface area contributed by atoms with Crippen LogP contribution in [0.15, 0.2) is 70.1 Å². The van der Waals surface area contributed by atoms with Crippen molar-refractivity contribution in [2.24, 2.45) is 0 Å². The second kappa shape index (κ2) is 10.4. The number of hydrogen-bond donors (Lipinski definition) is 1. The third-order valence-corrected chi connectivity index (χ3v) is 7.12. The monoisotopic (exact) mass is 489 g/mol. The fourth-order valence-electron chi connectivity index (χ4n) is 4.43. The molecule has 0 saturated carbocycles. The fourth-order valence-corrected chi connectivity index (χ4v) is 5.20. The van der Waals surface area contributed by atoms with E-state index in [0.717, 1.165) is 19.3 Å². The van der Waals surface area contributed by atoms with Gasteiger partial charge in [0.2, 0.25) is 11.7 Å². The first-order valence-electron chi connectivity index (χ1n) is 11.8. The van der Waals surface area contributed by atoms with E-state index >= 15 is 0 Å². The van der Waals surface area contributed by atoms with Crippen LogP contribution in [-0.4, -0.2) is 44.5 Å². The summed E-state index contributed by atoms with van der Waals surface area (Å²) >= 11 is 1.31. The van der Waals surface area contributed by atoms with Gasteiger partial charge in [0.1, 0.15) is 5.75 Å². The van der Waals surface area contributed by atoms with Crippen molar-refractivity contribution < 1.29 is 9.53 Å². The van der Waals surface area contributed by atoms with Crippen LogP contribution in [0.4, 0.5) is 0 Å². The summed E-state index contributed by atoms with van der Waals surface area (Å²) in [5.41, 5.74) is 2.57. The smallest absolute Gasteiger partial charge is 0.267 e. The van der Waals surface area contributed by atoms with Crippen LogP contribution in [0.25, 0.3) is 22.4 Å². The maximum absolute atomic E-state index is 13.4. The van der Waals surface area contributed by atoms with Crippen LogP contribution in [0.2, 0.25) is 0 Å². The zero-order chi connectivity index (χ0) is 24.2.